The number of aromatic nitrogens is 1. The Labute approximate surface area is 145 Å². The molecule has 2 bridgehead atoms. The number of hydrogen-bond donors (Lipinski definition) is 2. The number of amides is 1. The maximum absolute atomic E-state index is 12.3. The quantitative estimate of drug-likeness (QED) is 0.894. The van der Waals surface area contributed by atoms with Crippen molar-refractivity contribution in [1.29, 1.82) is 0 Å². The summed E-state index contributed by atoms with van der Waals surface area (Å²) >= 11 is 5.88. The standard InChI is InChI=1S/C18H20ClN3O2/c19-12-3-1-11(2-4-12)18-22-16(10-24-18)9-17(23)21-15-7-13-5-6-14(8-15)20-13/h1-4,10,13-15,20H,5-9H2,(H,21,23). The molecule has 6 heteroatoms. The van der Waals surface area contributed by atoms with E-state index in [0.717, 1.165) is 18.4 Å². The Morgan fingerprint density at radius 1 is 1.25 bits per heavy atom. The number of fused-ring (bicyclic) bond motifs is 2. The molecule has 2 aliphatic heterocycles. The lowest BCUT2D eigenvalue weighted by Gasteiger charge is -2.29. The molecule has 2 aromatic rings. The van der Waals surface area contributed by atoms with Crippen molar-refractivity contribution in [1.82, 2.24) is 15.6 Å². The van der Waals surface area contributed by atoms with Crippen molar-refractivity contribution in [2.75, 3.05) is 0 Å². The highest BCUT2D eigenvalue weighted by atomic mass is 35.5. The highest BCUT2D eigenvalue weighted by Gasteiger charge is 2.33. The highest BCUT2D eigenvalue weighted by molar-refractivity contribution is 6.30. The Hall–Kier alpha value is -1.85. The fourth-order valence-electron chi connectivity index (χ4n) is 3.73. The molecule has 2 atom stereocenters. The highest BCUT2D eigenvalue weighted by Crippen LogP contribution is 2.27. The first-order valence-electron chi connectivity index (χ1n) is 8.41. The van der Waals surface area contributed by atoms with Gasteiger partial charge in [-0.05, 0) is 49.9 Å². The second-order valence-corrected chi connectivity index (χ2v) is 7.14. The van der Waals surface area contributed by atoms with Gasteiger partial charge in [-0.25, -0.2) is 4.98 Å². The van der Waals surface area contributed by atoms with Crippen LogP contribution in [0.2, 0.25) is 5.02 Å². The van der Waals surface area contributed by atoms with Gasteiger partial charge in [0, 0.05) is 28.7 Å². The lowest BCUT2D eigenvalue weighted by atomic mass is 9.99. The molecule has 2 fully saturated rings. The van der Waals surface area contributed by atoms with Crippen molar-refractivity contribution in [3.63, 3.8) is 0 Å². The summed E-state index contributed by atoms with van der Waals surface area (Å²) in [6.45, 7) is 0. The maximum atomic E-state index is 12.3. The molecule has 2 N–H and O–H groups in total. The van der Waals surface area contributed by atoms with Crippen LogP contribution >= 0.6 is 11.6 Å². The van der Waals surface area contributed by atoms with Crippen molar-refractivity contribution < 1.29 is 9.21 Å². The molecule has 0 radical (unpaired) electrons. The van der Waals surface area contributed by atoms with Gasteiger partial charge in [0.25, 0.3) is 0 Å². The third-order valence-electron chi connectivity index (χ3n) is 4.82. The summed E-state index contributed by atoms with van der Waals surface area (Å²) in [6.07, 6.45) is 6.30. The molecule has 24 heavy (non-hydrogen) atoms. The van der Waals surface area contributed by atoms with E-state index in [0.29, 0.717) is 28.7 Å². The Kier molecular flexibility index (Phi) is 4.29. The summed E-state index contributed by atoms with van der Waals surface area (Å²) in [4.78, 5) is 16.7. The number of carbonyl (C=O) groups is 1. The summed E-state index contributed by atoms with van der Waals surface area (Å²) < 4.78 is 5.48. The largest absolute Gasteiger partial charge is 0.444 e. The number of halogens is 1. The van der Waals surface area contributed by atoms with Gasteiger partial charge < -0.3 is 15.1 Å². The third kappa shape index (κ3) is 3.47. The van der Waals surface area contributed by atoms with Crippen molar-refractivity contribution in [2.45, 2.75) is 50.2 Å². The van der Waals surface area contributed by atoms with Crippen LogP contribution in [0.4, 0.5) is 0 Å². The van der Waals surface area contributed by atoms with E-state index in [9.17, 15) is 4.79 Å². The van der Waals surface area contributed by atoms with E-state index >= 15 is 0 Å². The van der Waals surface area contributed by atoms with Gasteiger partial charge in [-0.1, -0.05) is 11.6 Å². The fourth-order valence-corrected chi connectivity index (χ4v) is 3.86. The normalized spacial score (nSPS) is 25.6. The molecule has 3 heterocycles. The molecule has 5 nitrogen and oxygen atoms in total. The zero-order valence-corrected chi connectivity index (χ0v) is 14.1. The van der Waals surface area contributed by atoms with E-state index in [2.05, 4.69) is 15.6 Å². The molecule has 2 saturated heterocycles. The third-order valence-corrected chi connectivity index (χ3v) is 5.07. The van der Waals surface area contributed by atoms with E-state index in [1.165, 1.54) is 12.8 Å². The summed E-state index contributed by atoms with van der Waals surface area (Å²) in [5.41, 5.74) is 1.50. The predicted molar refractivity (Wildman–Crippen MR) is 91.8 cm³/mol. The zero-order chi connectivity index (χ0) is 16.5. The first-order valence-corrected chi connectivity index (χ1v) is 8.79. The van der Waals surface area contributed by atoms with Crippen LogP contribution in [0.3, 0.4) is 0 Å². The molecule has 0 aliphatic carbocycles. The average Bonchev–Trinajstić information content (AvgIpc) is 3.14. The number of rotatable bonds is 4. The van der Waals surface area contributed by atoms with Crippen LogP contribution in [0.1, 0.15) is 31.4 Å². The van der Waals surface area contributed by atoms with Crippen LogP contribution in [0.15, 0.2) is 34.9 Å². The zero-order valence-electron chi connectivity index (χ0n) is 13.3. The molecule has 0 spiro atoms. The van der Waals surface area contributed by atoms with E-state index in [-0.39, 0.29) is 18.4 Å². The van der Waals surface area contributed by atoms with Crippen LogP contribution in [-0.2, 0) is 11.2 Å². The smallest absolute Gasteiger partial charge is 0.226 e. The molecule has 1 aromatic heterocycles. The van der Waals surface area contributed by atoms with Crippen LogP contribution in [-0.4, -0.2) is 29.0 Å². The van der Waals surface area contributed by atoms with E-state index in [1.54, 1.807) is 18.4 Å². The van der Waals surface area contributed by atoms with Gasteiger partial charge in [0.05, 0.1) is 12.1 Å². The van der Waals surface area contributed by atoms with Crippen molar-refractivity contribution >= 4 is 17.5 Å². The summed E-state index contributed by atoms with van der Waals surface area (Å²) in [7, 11) is 0. The molecule has 2 unspecified atom stereocenters. The SMILES string of the molecule is O=C(Cc1coc(-c2ccc(Cl)cc2)n1)NC1CC2CCC(C1)N2. The lowest BCUT2D eigenvalue weighted by molar-refractivity contribution is -0.121. The first-order chi connectivity index (χ1) is 11.7. The van der Waals surface area contributed by atoms with Gasteiger partial charge in [0.15, 0.2) is 0 Å². The topological polar surface area (TPSA) is 67.2 Å². The molecule has 1 aromatic carbocycles. The number of piperidine rings is 1. The molecule has 0 saturated carbocycles. The molecular weight excluding hydrogens is 326 g/mol. The first kappa shape index (κ1) is 15.7. The Balaban J connectivity index is 1.35. The number of carbonyl (C=O) groups excluding carboxylic acids is 1. The number of nitrogens with one attached hydrogen (secondary N) is 2. The van der Waals surface area contributed by atoms with Crippen molar-refractivity contribution in [2.24, 2.45) is 0 Å². The van der Waals surface area contributed by atoms with Gasteiger partial charge in [0.1, 0.15) is 6.26 Å². The predicted octanol–water partition coefficient (Wildman–Crippen LogP) is 2.94. The Bertz CT molecular complexity index is 716. The second kappa shape index (κ2) is 6.57. The Morgan fingerprint density at radius 3 is 2.67 bits per heavy atom. The molecule has 1 amide bonds. The number of nitrogens with zero attached hydrogens (tertiary/aromatic N) is 1. The van der Waals surface area contributed by atoms with Crippen LogP contribution in [0, 0.1) is 0 Å². The number of oxazole rings is 1. The minimum Gasteiger partial charge on any atom is -0.444 e. The maximum Gasteiger partial charge on any atom is 0.226 e. The number of hydrogen-bond acceptors (Lipinski definition) is 4. The van der Waals surface area contributed by atoms with Crippen LogP contribution in [0.5, 0.6) is 0 Å². The second-order valence-electron chi connectivity index (χ2n) is 6.70. The molecule has 126 valence electrons. The van der Waals surface area contributed by atoms with Crippen LogP contribution in [0.25, 0.3) is 11.5 Å². The van der Waals surface area contributed by atoms with Gasteiger partial charge in [-0.15, -0.1) is 0 Å². The van der Waals surface area contributed by atoms with Crippen molar-refractivity contribution in [3.05, 3.63) is 41.2 Å². The van der Waals surface area contributed by atoms with E-state index in [1.807, 2.05) is 12.1 Å². The van der Waals surface area contributed by atoms with E-state index < -0.39 is 0 Å². The Morgan fingerprint density at radius 2 is 1.96 bits per heavy atom. The van der Waals surface area contributed by atoms with Gasteiger partial charge >= 0.3 is 0 Å². The fraction of sp³-hybridized carbons (Fsp3) is 0.444. The lowest BCUT2D eigenvalue weighted by Crippen LogP contribution is -2.48. The van der Waals surface area contributed by atoms with E-state index in [4.69, 9.17) is 16.0 Å². The minimum absolute atomic E-state index is 0.0113. The van der Waals surface area contributed by atoms with Gasteiger partial charge in [-0.3, -0.25) is 4.79 Å². The van der Waals surface area contributed by atoms with Gasteiger partial charge in [-0.2, -0.15) is 0 Å². The minimum atomic E-state index is 0.0113. The average molecular weight is 346 g/mol. The van der Waals surface area contributed by atoms with Crippen LogP contribution < -0.4 is 10.6 Å². The summed E-state index contributed by atoms with van der Waals surface area (Å²) in [5, 5.41) is 7.39. The van der Waals surface area contributed by atoms with Gasteiger partial charge in [0.2, 0.25) is 11.8 Å². The monoisotopic (exact) mass is 345 g/mol. The van der Waals surface area contributed by atoms with Crippen molar-refractivity contribution in [3.8, 4) is 11.5 Å². The summed E-state index contributed by atoms with van der Waals surface area (Å²) in [6, 6.07) is 8.69. The number of benzene rings is 1. The molecule has 4 rings (SSSR count). The molecule has 2 aliphatic rings. The summed E-state index contributed by atoms with van der Waals surface area (Å²) in [5.74, 6) is 0.520. The molecular formula is C18H20ClN3O2.